The van der Waals surface area contributed by atoms with Gasteiger partial charge in [0.05, 0.1) is 18.6 Å². The molecule has 2 unspecified atom stereocenters. The van der Waals surface area contributed by atoms with Crippen LogP contribution in [0.15, 0.2) is 16.8 Å². The van der Waals surface area contributed by atoms with Gasteiger partial charge in [0.2, 0.25) is 0 Å². The Hall–Kier alpha value is -0.870. The van der Waals surface area contributed by atoms with E-state index in [0.29, 0.717) is 6.61 Å². The molecule has 0 aliphatic carbocycles. The molecule has 0 bridgehead atoms. The molecule has 1 aromatic heterocycles. The van der Waals surface area contributed by atoms with Crippen LogP contribution in [0.1, 0.15) is 32.4 Å². The molecule has 4 heteroatoms. The Kier molecular flexibility index (Phi) is 4.96. The highest BCUT2D eigenvalue weighted by Gasteiger charge is 2.32. The fourth-order valence-corrected chi connectivity index (χ4v) is 2.34. The van der Waals surface area contributed by atoms with Gasteiger partial charge in [-0.3, -0.25) is 4.79 Å². The van der Waals surface area contributed by atoms with Gasteiger partial charge in [0.15, 0.2) is 0 Å². The van der Waals surface area contributed by atoms with Crippen LogP contribution in [0.25, 0.3) is 0 Å². The first-order valence-electron chi connectivity index (χ1n) is 5.44. The molecule has 1 heterocycles. The summed E-state index contributed by atoms with van der Waals surface area (Å²) in [7, 11) is 0. The van der Waals surface area contributed by atoms with Crippen molar-refractivity contribution in [2.45, 2.75) is 26.9 Å². The molecule has 0 aromatic carbocycles. The summed E-state index contributed by atoms with van der Waals surface area (Å²) in [5.74, 6) is -0.764. The molecule has 1 N–H and O–H groups in total. The smallest absolute Gasteiger partial charge is 0.312 e. The van der Waals surface area contributed by atoms with Crippen LogP contribution in [-0.4, -0.2) is 17.7 Å². The van der Waals surface area contributed by atoms with E-state index in [-0.39, 0.29) is 11.9 Å². The zero-order chi connectivity index (χ0) is 12.1. The zero-order valence-electron chi connectivity index (χ0n) is 9.84. The van der Waals surface area contributed by atoms with Crippen molar-refractivity contribution in [1.29, 1.82) is 0 Å². The first-order chi connectivity index (χ1) is 7.57. The van der Waals surface area contributed by atoms with E-state index >= 15 is 0 Å². The maximum Gasteiger partial charge on any atom is 0.312 e. The van der Waals surface area contributed by atoms with Crippen molar-refractivity contribution < 1.29 is 14.6 Å². The number of carbonyl (C=O) groups excluding carboxylic acids is 1. The Labute approximate surface area is 100 Å². The average molecular weight is 242 g/mol. The predicted octanol–water partition coefficient (Wildman–Crippen LogP) is 2.62. The second kappa shape index (κ2) is 6.01. The minimum absolute atomic E-state index is 0.0500. The lowest BCUT2D eigenvalue weighted by molar-refractivity contribution is -0.154. The highest BCUT2D eigenvalue weighted by molar-refractivity contribution is 7.07. The number of rotatable bonds is 5. The van der Waals surface area contributed by atoms with Crippen LogP contribution in [0.3, 0.4) is 0 Å². The maximum atomic E-state index is 11.7. The zero-order valence-corrected chi connectivity index (χ0v) is 10.7. The Morgan fingerprint density at radius 3 is 2.69 bits per heavy atom. The van der Waals surface area contributed by atoms with Crippen molar-refractivity contribution in [1.82, 2.24) is 0 Å². The summed E-state index contributed by atoms with van der Waals surface area (Å²) in [5.41, 5.74) is 0.789. The lowest BCUT2D eigenvalue weighted by Gasteiger charge is -2.23. The highest BCUT2D eigenvalue weighted by atomic mass is 32.1. The molecule has 90 valence electrons. The maximum absolute atomic E-state index is 11.7. The van der Waals surface area contributed by atoms with Crippen molar-refractivity contribution in [3.05, 3.63) is 22.4 Å². The molecule has 0 saturated carbocycles. The number of esters is 1. The number of aliphatic hydroxyl groups is 1. The standard InChI is InChI=1S/C12H18O3S/c1-4-15-12(14)10(8(2)3)11(13)9-5-6-16-7-9/h5-8,10-11,13H,4H2,1-3H3. The number of ether oxygens (including phenoxy) is 1. The first-order valence-corrected chi connectivity index (χ1v) is 6.39. The minimum atomic E-state index is -0.773. The molecule has 0 aliphatic heterocycles. The van der Waals surface area contributed by atoms with E-state index in [1.807, 2.05) is 30.7 Å². The fraction of sp³-hybridized carbons (Fsp3) is 0.583. The number of hydrogen-bond donors (Lipinski definition) is 1. The van der Waals surface area contributed by atoms with Gasteiger partial charge in [-0.05, 0) is 35.2 Å². The molecule has 0 amide bonds. The summed E-state index contributed by atoms with van der Waals surface area (Å²) >= 11 is 1.51. The SMILES string of the molecule is CCOC(=O)C(C(C)C)C(O)c1ccsc1. The number of aliphatic hydroxyl groups excluding tert-OH is 1. The Balaban J connectivity index is 2.81. The molecule has 0 saturated heterocycles. The second-order valence-electron chi connectivity index (χ2n) is 4.02. The highest BCUT2D eigenvalue weighted by Crippen LogP contribution is 2.30. The largest absolute Gasteiger partial charge is 0.466 e. The molecule has 3 nitrogen and oxygen atoms in total. The van der Waals surface area contributed by atoms with Crippen LogP contribution in [0.4, 0.5) is 0 Å². The minimum Gasteiger partial charge on any atom is -0.466 e. The monoisotopic (exact) mass is 242 g/mol. The van der Waals surface area contributed by atoms with Crippen LogP contribution < -0.4 is 0 Å². The Bertz CT molecular complexity index is 319. The van der Waals surface area contributed by atoms with E-state index in [4.69, 9.17) is 4.74 Å². The van der Waals surface area contributed by atoms with Gasteiger partial charge >= 0.3 is 5.97 Å². The van der Waals surface area contributed by atoms with E-state index in [1.54, 1.807) is 6.92 Å². The van der Waals surface area contributed by atoms with Crippen molar-refractivity contribution in [2.75, 3.05) is 6.61 Å². The summed E-state index contributed by atoms with van der Waals surface area (Å²) in [6.07, 6.45) is -0.773. The van der Waals surface area contributed by atoms with Gasteiger partial charge in [-0.25, -0.2) is 0 Å². The van der Waals surface area contributed by atoms with Crippen LogP contribution in [0, 0.1) is 11.8 Å². The van der Waals surface area contributed by atoms with Crippen LogP contribution in [0.5, 0.6) is 0 Å². The third-order valence-electron chi connectivity index (χ3n) is 2.50. The lowest BCUT2D eigenvalue weighted by atomic mass is 9.87. The Morgan fingerprint density at radius 1 is 1.56 bits per heavy atom. The predicted molar refractivity (Wildman–Crippen MR) is 64.2 cm³/mol. The van der Waals surface area contributed by atoms with Crippen LogP contribution >= 0.6 is 11.3 Å². The summed E-state index contributed by atoms with van der Waals surface area (Å²) in [5, 5.41) is 13.9. The molecular weight excluding hydrogens is 224 g/mol. The molecule has 1 aromatic rings. The molecule has 0 fully saturated rings. The van der Waals surface area contributed by atoms with Gasteiger partial charge in [-0.2, -0.15) is 11.3 Å². The van der Waals surface area contributed by atoms with Crippen molar-refractivity contribution >= 4 is 17.3 Å². The second-order valence-corrected chi connectivity index (χ2v) is 4.80. The molecule has 0 aliphatic rings. The third-order valence-corrected chi connectivity index (χ3v) is 3.20. The molecule has 16 heavy (non-hydrogen) atoms. The van der Waals surface area contributed by atoms with Crippen molar-refractivity contribution in [3.63, 3.8) is 0 Å². The summed E-state index contributed by atoms with van der Waals surface area (Å²) in [4.78, 5) is 11.7. The summed E-state index contributed by atoms with van der Waals surface area (Å²) < 4.78 is 4.99. The average Bonchev–Trinajstić information content (AvgIpc) is 2.70. The molecular formula is C12H18O3S. The van der Waals surface area contributed by atoms with Gasteiger partial charge in [-0.1, -0.05) is 13.8 Å². The van der Waals surface area contributed by atoms with E-state index in [2.05, 4.69) is 0 Å². The van der Waals surface area contributed by atoms with Crippen molar-refractivity contribution in [2.24, 2.45) is 11.8 Å². The van der Waals surface area contributed by atoms with Crippen molar-refractivity contribution in [3.8, 4) is 0 Å². The molecule has 0 radical (unpaired) electrons. The van der Waals surface area contributed by atoms with Gasteiger partial charge in [0.25, 0.3) is 0 Å². The topological polar surface area (TPSA) is 46.5 Å². The van der Waals surface area contributed by atoms with Gasteiger partial charge in [-0.15, -0.1) is 0 Å². The molecule has 0 spiro atoms. The summed E-state index contributed by atoms with van der Waals surface area (Å²) in [6, 6.07) is 1.84. The van der Waals surface area contributed by atoms with Gasteiger partial charge < -0.3 is 9.84 Å². The molecule has 2 atom stereocenters. The van der Waals surface area contributed by atoms with Gasteiger partial charge in [0.1, 0.15) is 0 Å². The summed E-state index contributed by atoms with van der Waals surface area (Å²) in [6.45, 7) is 5.94. The number of carbonyl (C=O) groups is 1. The van der Waals surface area contributed by atoms with Crippen LogP contribution in [-0.2, 0) is 9.53 Å². The number of hydrogen-bond acceptors (Lipinski definition) is 4. The quantitative estimate of drug-likeness (QED) is 0.807. The number of thiophene rings is 1. The van der Waals surface area contributed by atoms with Gasteiger partial charge in [0, 0.05) is 0 Å². The molecule has 1 rings (SSSR count). The lowest BCUT2D eigenvalue weighted by Crippen LogP contribution is -2.28. The Morgan fingerprint density at radius 2 is 2.25 bits per heavy atom. The van der Waals surface area contributed by atoms with E-state index in [1.165, 1.54) is 11.3 Å². The third kappa shape index (κ3) is 3.06. The van der Waals surface area contributed by atoms with E-state index < -0.39 is 12.0 Å². The normalized spacial score (nSPS) is 14.8. The fourth-order valence-electron chi connectivity index (χ4n) is 1.65. The van der Waals surface area contributed by atoms with Crippen LogP contribution in [0.2, 0.25) is 0 Å². The first kappa shape index (κ1) is 13.2. The van der Waals surface area contributed by atoms with E-state index in [9.17, 15) is 9.90 Å². The van der Waals surface area contributed by atoms with E-state index in [0.717, 1.165) is 5.56 Å².